The summed E-state index contributed by atoms with van der Waals surface area (Å²) < 4.78 is 2.41. The Balaban J connectivity index is 2.34. The molecular weight excluding hydrogens is 260 g/mol. The predicted molar refractivity (Wildman–Crippen MR) is 90.0 cm³/mol. The Morgan fingerprint density at radius 2 is 1.90 bits per heavy atom. The third-order valence-electron chi connectivity index (χ3n) is 4.03. The Morgan fingerprint density at radius 3 is 2.57 bits per heavy atom. The third kappa shape index (κ3) is 3.83. The Morgan fingerprint density at radius 1 is 1.19 bits per heavy atom. The number of hydrogen-bond donors (Lipinski definition) is 1. The summed E-state index contributed by atoms with van der Waals surface area (Å²) in [5.41, 5.74) is 5.08. The van der Waals surface area contributed by atoms with Gasteiger partial charge in [0.2, 0.25) is 0 Å². The van der Waals surface area contributed by atoms with E-state index in [1.54, 1.807) is 0 Å². The van der Waals surface area contributed by atoms with Crippen LogP contribution in [0, 0.1) is 13.8 Å². The zero-order valence-electron chi connectivity index (χ0n) is 14.0. The minimum absolute atomic E-state index is 0.967. The van der Waals surface area contributed by atoms with Crippen LogP contribution < -0.4 is 5.32 Å². The maximum absolute atomic E-state index is 4.86. The lowest BCUT2D eigenvalue weighted by Gasteiger charge is -2.13. The molecule has 2 aromatic rings. The van der Waals surface area contributed by atoms with Gasteiger partial charge in [-0.25, -0.2) is 4.98 Å². The molecule has 0 spiro atoms. The molecule has 0 aliphatic rings. The van der Waals surface area contributed by atoms with E-state index in [-0.39, 0.29) is 0 Å². The lowest BCUT2D eigenvalue weighted by Crippen LogP contribution is -2.17. The number of imidazole rings is 1. The van der Waals surface area contributed by atoms with Gasteiger partial charge in [0.1, 0.15) is 5.82 Å². The molecule has 2 rings (SSSR count). The van der Waals surface area contributed by atoms with Gasteiger partial charge in [-0.1, -0.05) is 0 Å². The van der Waals surface area contributed by atoms with Crippen LogP contribution in [0.2, 0.25) is 0 Å². The zero-order valence-corrected chi connectivity index (χ0v) is 14.0. The summed E-state index contributed by atoms with van der Waals surface area (Å²) in [4.78, 5) is 7.10. The van der Waals surface area contributed by atoms with E-state index >= 15 is 0 Å². The fourth-order valence-electron chi connectivity index (χ4n) is 2.65. The number of aromatic nitrogens is 2. The Bertz CT molecular complexity index is 598. The van der Waals surface area contributed by atoms with E-state index in [4.69, 9.17) is 4.98 Å². The van der Waals surface area contributed by atoms with Gasteiger partial charge >= 0.3 is 0 Å². The first-order valence-corrected chi connectivity index (χ1v) is 7.78. The van der Waals surface area contributed by atoms with Crippen LogP contribution in [-0.2, 0) is 13.0 Å². The van der Waals surface area contributed by atoms with Gasteiger partial charge in [0, 0.05) is 19.5 Å². The SMILES string of the molecule is CNCCc1nc2cc(C)c(C)cc2n1CCCN(C)C. The highest BCUT2D eigenvalue weighted by Crippen LogP contribution is 2.21. The lowest BCUT2D eigenvalue weighted by molar-refractivity contribution is 0.386. The number of nitrogens with zero attached hydrogens (tertiary/aromatic N) is 3. The van der Waals surface area contributed by atoms with Crippen molar-refractivity contribution in [1.82, 2.24) is 19.8 Å². The smallest absolute Gasteiger partial charge is 0.111 e. The van der Waals surface area contributed by atoms with E-state index in [9.17, 15) is 0 Å². The first-order chi connectivity index (χ1) is 10.0. The molecule has 0 aliphatic carbocycles. The van der Waals surface area contributed by atoms with E-state index in [0.717, 1.165) is 38.0 Å². The Kier molecular flexibility index (Phi) is 5.37. The molecule has 0 aliphatic heterocycles. The molecule has 0 fully saturated rings. The fraction of sp³-hybridized carbons (Fsp3) is 0.588. The molecule has 0 saturated carbocycles. The molecule has 4 heteroatoms. The van der Waals surface area contributed by atoms with E-state index in [1.165, 1.54) is 22.5 Å². The Labute approximate surface area is 128 Å². The molecule has 0 unspecified atom stereocenters. The van der Waals surface area contributed by atoms with Crippen molar-refractivity contribution >= 4 is 11.0 Å². The van der Waals surface area contributed by atoms with Crippen LogP contribution in [0.5, 0.6) is 0 Å². The minimum atomic E-state index is 0.967. The van der Waals surface area contributed by atoms with Crippen molar-refractivity contribution in [3.05, 3.63) is 29.1 Å². The van der Waals surface area contributed by atoms with Gasteiger partial charge in [-0.05, 0) is 71.2 Å². The summed E-state index contributed by atoms with van der Waals surface area (Å²) in [5, 5.41) is 3.22. The van der Waals surface area contributed by atoms with E-state index < -0.39 is 0 Å². The van der Waals surface area contributed by atoms with Crippen LogP contribution in [0.15, 0.2) is 12.1 Å². The molecule has 0 radical (unpaired) electrons. The van der Waals surface area contributed by atoms with E-state index in [2.05, 4.69) is 54.9 Å². The first-order valence-electron chi connectivity index (χ1n) is 7.78. The second-order valence-electron chi connectivity index (χ2n) is 6.12. The highest BCUT2D eigenvalue weighted by molar-refractivity contribution is 5.78. The first kappa shape index (κ1) is 16.0. The summed E-state index contributed by atoms with van der Waals surface area (Å²) >= 11 is 0. The number of aryl methyl sites for hydroxylation is 3. The molecule has 1 N–H and O–H groups in total. The van der Waals surface area contributed by atoms with E-state index in [1.807, 2.05) is 7.05 Å². The predicted octanol–water partition coefficient (Wildman–Crippen LogP) is 2.37. The molecule has 4 nitrogen and oxygen atoms in total. The molecule has 116 valence electrons. The minimum Gasteiger partial charge on any atom is -0.328 e. The quantitative estimate of drug-likeness (QED) is 0.849. The van der Waals surface area contributed by atoms with Crippen molar-refractivity contribution in [2.24, 2.45) is 0 Å². The number of rotatable bonds is 7. The van der Waals surface area contributed by atoms with Gasteiger partial charge in [-0.3, -0.25) is 0 Å². The molecule has 0 amide bonds. The number of nitrogens with one attached hydrogen (secondary N) is 1. The molecule has 0 bridgehead atoms. The van der Waals surface area contributed by atoms with Crippen molar-refractivity contribution in [2.45, 2.75) is 33.2 Å². The number of benzene rings is 1. The third-order valence-corrected chi connectivity index (χ3v) is 4.03. The highest BCUT2D eigenvalue weighted by Gasteiger charge is 2.11. The summed E-state index contributed by atoms with van der Waals surface area (Å²) in [7, 11) is 6.25. The summed E-state index contributed by atoms with van der Waals surface area (Å²) in [6, 6.07) is 4.51. The molecular formula is C17H28N4. The van der Waals surface area contributed by atoms with Gasteiger partial charge in [-0.2, -0.15) is 0 Å². The maximum Gasteiger partial charge on any atom is 0.111 e. The fourth-order valence-corrected chi connectivity index (χ4v) is 2.65. The number of hydrogen-bond acceptors (Lipinski definition) is 3. The summed E-state index contributed by atoms with van der Waals surface area (Å²) in [6.07, 6.45) is 2.13. The van der Waals surface area contributed by atoms with Crippen LogP contribution in [0.4, 0.5) is 0 Å². The normalized spacial score (nSPS) is 11.7. The highest BCUT2D eigenvalue weighted by atomic mass is 15.1. The van der Waals surface area contributed by atoms with Crippen molar-refractivity contribution in [3.8, 4) is 0 Å². The maximum atomic E-state index is 4.86. The number of fused-ring (bicyclic) bond motifs is 1. The second kappa shape index (κ2) is 7.05. The van der Waals surface area contributed by atoms with Crippen LogP contribution >= 0.6 is 0 Å². The molecule has 1 aromatic heterocycles. The average molecular weight is 288 g/mol. The van der Waals surface area contributed by atoms with Crippen LogP contribution in [0.1, 0.15) is 23.4 Å². The zero-order chi connectivity index (χ0) is 15.4. The largest absolute Gasteiger partial charge is 0.328 e. The van der Waals surface area contributed by atoms with Crippen molar-refractivity contribution in [1.29, 1.82) is 0 Å². The molecule has 21 heavy (non-hydrogen) atoms. The topological polar surface area (TPSA) is 33.1 Å². The molecule has 0 saturated heterocycles. The van der Waals surface area contributed by atoms with Gasteiger partial charge in [0.15, 0.2) is 0 Å². The van der Waals surface area contributed by atoms with Crippen molar-refractivity contribution in [3.63, 3.8) is 0 Å². The van der Waals surface area contributed by atoms with Gasteiger partial charge in [0.05, 0.1) is 11.0 Å². The van der Waals surface area contributed by atoms with Gasteiger partial charge in [0.25, 0.3) is 0 Å². The second-order valence-corrected chi connectivity index (χ2v) is 6.12. The van der Waals surface area contributed by atoms with Gasteiger partial charge < -0.3 is 14.8 Å². The molecule has 1 heterocycles. The van der Waals surface area contributed by atoms with Gasteiger partial charge in [-0.15, -0.1) is 0 Å². The Hall–Kier alpha value is -1.39. The molecule has 0 atom stereocenters. The van der Waals surface area contributed by atoms with Crippen LogP contribution in [-0.4, -0.2) is 48.7 Å². The molecule has 1 aromatic carbocycles. The lowest BCUT2D eigenvalue weighted by atomic mass is 10.1. The van der Waals surface area contributed by atoms with Crippen LogP contribution in [0.25, 0.3) is 11.0 Å². The monoisotopic (exact) mass is 288 g/mol. The standard InChI is InChI=1S/C17H28N4/c1-13-11-15-16(12-14(13)2)21(10-6-9-20(4)5)17(19-15)7-8-18-3/h11-12,18H,6-10H2,1-5H3. The summed E-state index contributed by atoms with van der Waals surface area (Å²) in [6.45, 7) is 7.45. The van der Waals surface area contributed by atoms with Crippen molar-refractivity contribution in [2.75, 3.05) is 34.2 Å². The van der Waals surface area contributed by atoms with E-state index in [0.29, 0.717) is 0 Å². The average Bonchev–Trinajstić information content (AvgIpc) is 2.74. The van der Waals surface area contributed by atoms with Crippen LogP contribution in [0.3, 0.4) is 0 Å². The van der Waals surface area contributed by atoms with Crippen molar-refractivity contribution < 1.29 is 0 Å². The number of likely N-dealkylation sites (N-methyl/N-ethyl adjacent to an activating group) is 1. The summed E-state index contributed by atoms with van der Waals surface area (Å²) in [5.74, 6) is 1.20.